The number of H-pyrrole nitrogens is 1. The van der Waals surface area contributed by atoms with Crippen molar-refractivity contribution >= 4 is 16.7 Å². The number of nitrogens with one attached hydrogen (secondary N) is 1. The Morgan fingerprint density at radius 2 is 2.26 bits per heavy atom. The molecule has 0 spiro atoms. The van der Waals surface area contributed by atoms with Crippen LogP contribution in [0.15, 0.2) is 41.6 Å². The third kappa shape index (κ3) is 2.16. The van der Waals surface area contributed by atoms with Crippen LogP contribution in [-0.4, -0.2) is 32.8 Å². The Hall–Kier alpha value is -3.14. The van der Waals surface area contributed by atoms with E-state index in [0.29, 0.717) is 23.3 Å². The Morgan fingerprint density at radius 3 is 3.04 bits per heavy atom. The van der Waals surface area contributed by atoms with Crippen LogP contribution in [0.3, 0.4) is 0 Å². The molecule has 4 heterocycles. The Bertz CT molecular complexity index is 953. The van der Waals surface area contributed by atoms with Gasteiger partial charge in [-0.15, -0.1) is 0 Å². The summed E-state index contributed by atoms with van der Waals surface area (Å²) in [4.78, 5) is 21.4. The highest BCUT2D eigenvalue weighted by Crippen LogP contribution is 2.31. The maximum atomic E-state index is 12.2. The molecular weight excluding hydrogens is 292 g/mol. The van der Waals surface area contributed by atoms with Crippen molar-refractivity contribution in [2.24, 2.45) is 0 Å². The highest BCUT2D eigenvalue weighted by atomic mass is 16.1. The van der Waals surface area contributed by atoms with Gasteiger partial charge in [-0.3, -0.25) is 14.5 Å². The van der Waals surface area contributed by atoms with Gasteiger partial charge in [0, 0.05) is 31.7 Å². The van der Waals surface area contributed by atoms with Crippen LogP contribution in [0.5, 0.6) is 0 Å². The number of aromatic nitrogens is 4. The SMILES string of the molecule is N#Cc1c(N2CC[C@@H](n3cccn3)C2)c2ncccc2[nH]c1=O. The smallest absolute Gasteiger partial charge is 0.268 e. The molecule has 0 aromatic carbocycles. The lowest BCUT2D eigenvalue weighted by molar-refractivity contribution is 0.495. The van der Waals surface area contributed by atoms with Gasteiger partial charge >= 0.3 is 0 Å². The number of nitrogens with zero attached hydrogens (tertiary/aromatic N) is 5. The van der Waals surface area contributed by atoms with Gasteiger partial charge < -0.3 is 9.88 Å². The lowest BCUT2D eigenvalue weighted by Crippen LogP contribution is -2.26. The van der Waals surface area contributed by atoms with E-state index in [1.54, 1.807) is 24.5 Å². The van der Waals surface area contributed by atoms with Crippen LogP contribution >= 0.6 is 0 Å². The van der Waals surface area contributed by atoms with Crippen LogP contribution in [0.4, 0.5) is 5.69 Å². The Morgan fingerprint density at radius 1 is 1.35 bits per heavy atom. The fourth-order valence-corrected chi connectivity index (χ4v) is 3.17. The monoisotopic (exact) mass is 306 g/mol. The minimum absolute atomic E-state index is 0.123. The van der Waals surface area contributed by atoms with Crippen molar-refractivity contribution in [3.8, 4) is 6.07 Å². The predicted octanol–water partition coefficient (Wildman–Crippen LogP) is 1.44. The van der Waals surface area contributed by atoms with E-state index in [0.717, 1.165) is 13.0 Å². The summed E-state index contributed by atoms with van der Waals surface area (Å²) >= 11 is 0. The molecule has 114 valence electrons. The van der Waals surface area contributed by atoms with Crippen molar-refractivity contribution < 1.29 is 0 Å². The third-order valence-electron chi connectivity index (χ3n) is 4.23. The van der Waals surface area contributed by atoms with Gasteiger partial charge in [0.05, 0.1) is 17.2 Å². The van der Waals surface area contributed by atoms with E-state index in [1.165, 1.54) is 0 Å². The van der Waals surface area contributed by atoms with E-state index in [4.69, 9.17) is 0 Å². The molecule has 23 heavy (non-hydrogen) atoms. The summed E-state index contributed by atoms with van der Waals surface area (Å²) in [6, 6.07) is 7.73. The van der Waals surface area contributed by atoms with E-state index in [2.05, 4.69) is 20.0 Å². The lowest BCUT2D eigenvalue weighted by Gasteiger charge is -2.21. The quantitative estimate of drug-likeness (QED) is 0.773. The highest BCUT2D eigenvalue weighted by Gasteiger charge is 2.28. The zero-order valence-electron chi connectivity index (χ0n) is 12.3. The van der Waals surface area contributed by atoms with E-state index >= 15 is 0 Å². The van der Waals surface area contributed by atoms with Crippen molar-refractivity contribution in [1.82, 2.24) is 19.7 Å². The number of pyridine rings is 2. The summed E-state index contributed by atoms with van der Waals surface area (Å²) in [5, 5.41) is 13.7. The van der Waals surface area contributed by atoms with E-state index in [-0.39, 0.29) is 17.2 Å². The molecule has 3 aromatic rings. The second kappa shape index (κ2) is 5.25. The first kappa shape index (κ1) is 13.5. The summed E-state index contributed by atoms with van der Waals surface area (Å²) in [5.41, 5.74) is 1.68. The number of fused-ring (bicyclic) bond motifs is 1. The van der Waals surface area contributed by atoms with Gasteiger partial charge in [0.2, 0.25) is 0 Å². The standard InChI is InChI=1S/C16H14N6O/c17-9-12-15(14-13(20-16(12)23)3-1-5-18-14)21-8-4-11(10-21)22-7-2-6-19-22/h1-3,5-7,11H,4,8,10H2,(H,20,23)/t11-/m1/s1. The van der Waals surface area contributed by atoms with Gasteiger partial charge in [0.15, 0.2) is 0 Å². The number of nitriles is 1. The normalized spacial score (nSPS) is 17.5. The zero-order valence-corrected chi connectivity index (χ0v) is 12.3. The molecular formula is C16H14N6O. The topological polar surface area (TPSA) is 90.6 Å². The molecule has 1 aliphatic rings. The summed E-state index contributed by atoms with van der Waals surface area (Å²) in [7, 11) is 0. The first-order valence-electron chi connectivity index (χ1n) is 7.43. The third-order valence-corrected chi connectivity index (χ3v) is 4.23. The van der Waals surface area contributed by atoms with Crippen molar-refractivity contribution in [3.63, 3.8) is 0 Å². The van der Waals surface area contributed by atoms with Crippen LogP contribution < -0.4 is 10.5 Å². The maximum absolute atomic E-state index is 12.2. The van der Waals surface area contributed by atoms with Crippen molar-refractivity contribution in [2.45, 2.75) is 12.5 Å². The van der Waals surface area contributed by atoms with Gasteiger partial charge in [-0.1, -0.05) is 0 Å². The molecule has 0 saturated carbocycles. The Kier molecular flexibility index (Phi) is 3.08. The van der Waals surface area contributed by atoms with Gasteiger partial charge in [-0.2, -0.15) is 10.4 Å². The molecule has 1 aliphatic heterocycles. The number of anilines is 1. The largest absolute Gasteiger partial charge is 0.366 e. The molecule has 7 heteroatoms. The molecule has 0 bridgehead atoms. The van der Waals surface area contributed by atoms with E-state index in [1.807, 2.05) is 23.0 Å². The molecule has 1 N–H and O–H groups in total. The van der Waals surface area contributed by atoms with Crippen LogP contribution in [0.1, 0.15) is 18.0 Å². The summed E-state index contributed by atoms with van der Waals surface area (Å²) in [5.74, 6) is 0. The average molecular weight is 306 g/mol. The second-order valence-electron chi connectivity index (χ2n) is 5.56. The first-order valence-corrected chi connectivity index (χ1v) is 7.43. The summed E-state index contributed by atoms with van der Waals surface area (Å²) in [6.07, 6.45) is 6.28. The Balaban J connectivity index is 1.83. The minimum Gasteiger partial charge on any atom is -0.366 e. The number of rotatable bonds is 2. The molecule has 0 unspecified atom stereocenters. The van der Waals surface area contributed by atoms with Crippen molar-refractivity contribution in [1.29, 1.82) is 5.26 Å². The number of hydrogen-bond donors (Lipinski definition) is 1. The maximum Gasteiger partial charge on any atom is 0.268 e. The molecule has 0 radical (unpaired) electrons. The molecule has 1 atom stereocenters. The molecule has 1 saturated heterocycles. The summed E-state index contributed by atoms with van der Waals surface area (Å²) in [6.45, 7) is 1.46. The van der Waals surface area contributed by atoms with Crippen LogP contribution in [0, 0.1) is 11.3 Å². The van der Waals surface area contributed by atoms with Gasteiger partial charge in [-0.05, 0) is 24.6 Å². The fraction of sp³-hybridized carbons (Fsp3) is 0.250. The molecule has 4 rings (SSSR count). The molecule has 3 aromatic heterocycles. The van der Waals surface area contributed by atoms with Crippen molar-refractivity contribution in [3.05, 3.63) is 52.7 Å². The van der Waals surface area contributed by atoms with E-state index < -0.39 is 0 Å². The van der Waals surface area contributed by atoms with Gasteiger partial charge in [0.25, 0.3) is 5.56 Å². The van der Waals surface area contributed by atoms with Crippen LogP contribution in [-0.2, 0) is 0 Å². The first-order chi connectivity index (χ1) is 11.3. The number of aromatic amines is 1. The molecule has 0 amide bonds. The fourth-order valence-electron chi connectivity index (χ4n) is 3.17. The second-order valence-corrected chi connectivity index (χ2v) is 5.56. The van der Waals surface area contributed by atoms with Crippen LogP contribution in [0.25, 0.3) is 11.0 Å². The zero-order chi connectivity index (χ0) is 15.8. The average Bonchev–Trinajstić information content (AvgIpc) is 3.24. The van der Waals surface area contributed by atoms with Crippen LogP contribution in [0.2, 0.25) is 0 Å². The lowest BCUT2D eigenvalue weighted by atomic mass is 10.1. The molecule has 1 fully saturated rings. The van der Waals surface area contributed by atoms with Gasteiger partial charge in [-0.25, -0.2) is 0 Å². The number of hydrogen-bond acceptors (Lipinski definition) is 5. The molecule has 7 nitrogen and oxygen atoms in total. The summed E-state index contributed by atoms with van der Waals surface area (Å²) < 4.78 is 1.93. The minimum atomic E-state index is -0.370. The van der Waals surface area contributed by atoms with Crippen molar-refractivity contribution in [2.75, 3.05) is 18.0 Å². The Labute approximate surface area is 131 Å². The highest BCUT2D eigenvalue weighted by molar-refractivity contribution is 5.91. The van der Waals surface area contributed by atoms with Gasteiger partial charge in [0.1, 0.15) is 17.1 Å². The molecule has 0 aliphatic carbocycles. The van der Waals surface area contributed by atoms with E-state index in [9.17, 15) is 10.1 Å². The predicted molar refractivity (Wildman–Crippen MR) is 85.2 cm³/mol.